The molecule has 2 aromatic rings. The van der Waals surface area contributed by atoms with Crippen LogP contribution in [0.4, 0.5) is 0 Å². The third-order valence-electron chi connectivity index (χ3n) is 4.21. The predicted molar refractivity (Wildman–Crippen MR) is 92.5 cm³/mol. The van der Waals surface area contributed by atoms with Gasteiger partial charge in [-0.2, -0.15) is 0 Å². The molecule has 24 heavy (non-hydrogen) atoms. The fourth-order valence-electron chi connectivity index (χ4n) is 2.99. The van der Waals surface area contributed by atoms with Gasteiger partial charge in [-0.05, 0) is 29.7 Å². The number of ether oxygens (including phenoxy) is 1. The summed E-state index contributed by atoms with van der Waals surface area (Å²) in [5.74, 6) is 0.502. The average molecular weight is 348 g/mol. The molecule has 0 aliphatic carbocycles. The lowest BCUT2D eigenvalue weighted by atomic mass is 10.0. The molecule has 1 atom stereocenters. The largest absolute Gasteiger partial charge is 0.496 e. The number of hydrogen-bond donors (Lipinski definition) is 2. The molecule has 1 aliphatic rings. The Bertz CT molecular complexity index is 864. The van der Waals surface area contributed by atoms with Crippen LogP contribution in [0.15, 0.2) is 36.4 Å². The van der Waals surface area contributed by atoms with Gasteiger partial charge in [0.1, 0.15) is 11.8 Å². The van der Waals surface area contributed by atoms with Crippen molar-refractivity contribution in [2.75, 3.05) is 19.4 Å². The van der Waals surface area contributed by atoms with Gasteiger partial charge < -0.3 is 10.1 Å². The van der Waals surface area contributed by atoms with Crippen LogP contribution in [0.5, 0.6) is 5.75 Å². The molecule has 1 aliphatic heterocycles. The molecule has 7 heteroatoms. The first-order valence-corrected chi connectivity index (χ1v) is 9.48. The predicted octanol–water partition coefficient (Wildman–Crippen LogP) is 1.20. The van der Waals surface area contributed by atoms with Crippen LogP contribution in [0.25, 0.3) is 10.8 Å². The van der Waals surface area contributed by atoms with Crippen LogP contribution in [0.3, 0.4) is 0 Å². The van der Waals surface area contributed by atoms with Gasteiger partial charge in [0.2, 0.25) is 15.9 Å². The van der Waals surface area contributed by atoms with E-state index in [1.54, 1.807) is 7.11 Å². The molecule has 1 amide bonds. The summed E-state index contributed by atoms with van der Waals surface area (Å²) >= 11 is 0. The van der Waals surface area contributed by atoms with Crippen molar-refractivity contribution in [3.63, 3.8) is 0 Å². The van der Waals surface area contributed by atoms with Gasteiger partial charge >= 0.3 is 0 Å². The normalized spacial score (nSPS) is 19.3. The summed E-state index contributed by atoms with van der Waals surface area (Å²) in [6, 6.07) is 11.3. The van der Waals surface area contributed by atoms with Crippen LogP contribution >= 0.6 is 0 Å². The van der Waals surface area contributed by atoms with Crippen LogP contribution in [0.1, 0.15) is 12.0 Å². The summed E-state index contributed by atoms with van der Waals surface area (Å²) in [6.07, 6.45) is 0.918. The maximum absolute atomic E-state index is 12.1. The molecule has 1 heterocycles. The molecule has 1 fully saturated rings. The van der Waals surface area contributed by atoms with Gasteiger partial charge in [0.15, 0.2) is 0 Å². The lowest BCUT2D eigenvalue weighted by Gasteiger charge is -2.14. The van der Waals surface area contributed by atoms with Crippen LogP contribution in [-0.4, -0.2) is 39.8 Å². The summed E-state index contributed by atoms with van der Waals surface area (Å²) in [4.78, 5) is 12.1. The van der Waals surface area contributed by atoms with E-state index in [1.807, 2.05) is 36.4 Å². The molecule has 6 nitrogen and oxygen atoms in total. The summed E-state index contributed by atoms with van der Waals surface area (Å²) < 4.78 is 30.5. The summed E-state index contributed by atoms with van der Waals surface area (Å²) in [5, 5.41) is 5.01. The molecule has 1 saturated heterocycles. The Kier molecular flexibility index (Phi) is 4.73. The zero-order valence-corrected chi connectivity index (χ0v) is 14.2. The number of sulfonamides is 1. The van der Waals surface area contributed by atoms with Crippen molar-refractivity contribution in [2.45, 2.75) is 18.9 Å². The topological polar surface area (TPSA) is 84.5 Å². The molecular weight excluding hydrogens is 328 g/mol. The second kappa shape index (κ2) is 6.78. The van der Waals surface area contributed by atoms with E-state index in [2.05, 4.69) is 10.0 Å². The minimum atomic E-state index is -3.29. The highest BCUT2D eigenvalue weighted by atomic mass is 32.2. The molecule has 3 rings (SSSR count). The second-order valence-electron chi connectivity index (χ2n) is 5.79. The van der Waals surface area contributed by atoms with Gasteiger partial charge in [0, 0.05) is 12.1 Å². The van der Waals surface area contributed by atoms with Crippen molar-refractivity contribution >= 4 is 26.7 Å². The number of nitrogens with one attached hydrogen (secondary N) is 2. The number of fused-ring (bicyclic) bond motifs is 1. The SMILES string of the molecule is COc1ccc2ccccc2c1CCNC(=O)C1CCS(=O)(=O)N1. The highest BCUT2D eigenvalue weighted by Crippen LogP contribution is 2.28. The van der Waals surface area contributed by atoms with Gasteiger partial charge in [-0.15, -0.1) is 0 Å². The first-order valence-electron chi connectivity index (χ1n) is 7.82. The van der Waals surface area contributed by atoms with Crippen LogP contribution in [0, 0.1) is 0 Å². The standard InChI is InChI=1S/C17H20N2O4S/c1-23-16-7-6-12-4-2-3-5-13(12)14(16)8-10-18-17(20)15-9-11-24(21,22)19-15/h2-7,15,19H,8-11H2,1H3,(H,18,20). The molecule has 1 unspecified atom stereocenters. The molecule has 0 radical (unpaired) electrons. The lowest BCUT2D eigenvalue weighted by Crippen LogP contribution is -2.42. The fraction of sp³-hybridized carbons (Fsp3) is 0.353. The molecule has 0 bridgehead atoms. The molecule has 0 aromatic heterocycles. The van der Waals surface area contributed by atoms with Crippen molar-refractivity contribution in [2.24, 2.45) is 0 Å². The minimum absolute atomic E-state index is 0.00221. The maximum Gasteiger partial charge on any atom is 0.238 e. The summed E-state index contributed by atoms with van der Waals surface area (Å²) in [7, 11) is -1.66. The van der Waals surface area contributed by atoms with Crippen molar-refractivity contribution in [3.05, 3.63) is 42.0 Å². The van der Waals surface area contributed by atoms with Crippen molar-refractivity contribution in [3.8, 4) is 5.75 Å². The van der Waals surface area contributed by atoms with Crippen LogP contribution in [-0.2, 0) is 21.2 Å². The van der Waals surface area contributed by atoms with Gasteiger partial charge in [0.05, 0.1) is 12.9 Å². The third-order valence-corrected chi connectivity index (χ3v) is 5.62. The maximum atomic E-state index is 12.1. The highest BCUT2D eigenvalue weighted by molar-refractivity contribution is 7.89. The first kappa shape index (κ1) is 16.7. The average Bonchev–Trinajstić information content (AvgIpc) is 2.95. The van der Waals surface area contributed by atoms with Crippen LogP contribution < -0.4 is 14.8 Å². The highest BCUT2D eigenvalue weighted by Gasteiger charge is 2.31. The second-order valence-corrected chi connectivity index (χ2v) is 7.66. The van der Waals surface area contributed by atoms with Gasteiger partial charge in [-0.25, -0.2) is 13.1 Å². The Labute approximate surface area is 141 Å². The molecular formula is C17H20N2O4S. The van der Waals surface area contributed by atoms with Crippen molar-refractivity contribution < 1.29 is 17.9 Å². The number of amides is 1. The quantitative estimate of drug-likeness (QED) is 0.850. The number of benzene rings is 2. The Balaban J connectivity index is 1.69. The molecule has 2 N–H and O–H groups in total. The van der Waals surface area contributed by atoms with E-state index in [0.717, 1.165) is 22.1 Å². The van der Waals surface area contributed by atoms with Crippen molar-refractivity contribution in [1.82, 2.24) is 10.0 Å². The fourth-order valence-corrected chi connectivity index (χ4v) is 4.31. The molecule has 0 saturated carbocycles. The number of hydrogen-bond acceptors (Lipinski definition) is 4. The smallest absolute Gasteiger partial charge is 0.238 e. The molecule has 2 aromatic carbocycles. The van der Waals surface area contributed by atoms with E-state index in [0.29, 0.717) is 19.4 Å². The number of carbonyl (C=O) groups is 1. The van der Waals surface area contributed by atoms with E-state index in [1.165, 1.54) is 0 Å². The summed E-state index contributed by atoms with van der Waals surface area (Å²) in [5.41, 5.74) is 1.03. The van der Waals surface area contributed by atoms with Gasteiger partial charge in [-0.3, -0.25) is 4.79 Å². The lowest BCUT2D eigenvalue weighted by molar-refractivity contribution is -0.122. The van der Waals surface area contributed by atoms with E-state index in [9.17, 15) is 13.2 Å². The minimum Gasteiger partial charge on any atom is -0.496 e. The third kappa shape index (κ3) is 3.52. The summed E-state index contributed by atoms with van der Waals surface area (Å²) in [6.45, 7) is 0.418. The Hall–Kier alpha value is -2.12. The Morgan fingerprint density at radius 1 is 1.29 bits per heavy atom. The van der Waals surface area contributed by atoms with Gasteiger partial charge in [0.25, 0.3) is 0 Å². The first-order chi connectivity index (χ1) is 11.5. The molecule has 128 valence electrons. The van der Waals surface area contributed by atoms with E-state index >= 15 is 0 Å². The van der Waals surface area contributed by atoms with Crippen molar-refractivity contribution in [1.29, 1.82) is 0 Å². The monoisotopic (exact) mass is 348 g/mol. The number of carbonyl (C=O) groups excluding carboxylic acids is 1. The number of rotatable bonds is 5. The van der Waals surface area contributed by atoms with E-state index < -0.39 is 16.1 Å². The Morgan fingerprint density at radius 3 is 2.79 bits per heavy atom. The van der Waals surface area contributed by atoms with E-state index in [4.69, 9.17) is 4.74 Å². The van der Waals surface area contributed by atoms with E-state index in [-0.39, 0.29) is 11.7 Å². The number of methoxy groups -OCH3 is 1. The van der Waals surface area contributed by atoms with Crippen LogP contribution in [0.2, 0.25) is 0 Å². The molecule has 0 spiro atoms. The van der Waals surface area contributed by atoms with Gasteiger partial charge in [-0.1, -0.05) is 30.3 Å². The zero-order chi connectivity index (χ0) is 17.2. The Morgan fingerprint density at radius 2 is 2.08 bits per heavy atom. The zero-order valence-electron chi connectivity index (χ0n) is 13.4.